The van der Waals surface area contributed by atoms with Gasteiger partial charge >= 0.3 is 0 Å². The van der Waals surface area contributed by atoms with Crippen LogP contribution in [0.3, 0.4) is 0 Å². The van der Waals surface area contributed by atoms with E-state index < -0.39 is 5.82 Å². The van der Waals surface area contributed by atoms with Crippen molar-refractivity contribution in [1.82, 2.24) is 4.98 Å². The normalized spacial score (nSPS) is 10.7. The Labute approximate surface area is 136 Å². The van der Waals surface area contributed by atoms with Crippen molar-refractivity contribution in [3.05, 3.63) is 53.3 Å². The second-order valence-electron chi connectivity index (χ2n) is 5.02. The number of amides is 1. The third-order valence-electron chi connectivity index (χ3n) is 3.50. The van der Waals surface area contributed by atoms with Crippen LogP contribution in [0.1, 0.15) is 12.0 Å². The quantitative estimate of drug-likeness (QED) is 0.769. The number of nitrogens with zero attached hydrogens (tertiary/aromatic N) is 1. The minimum Gasteiger partial charge on any atom is -0.494 e. The number of nitrogens with one attached hydrogen (secondary N) is 1. The smallest absolute Gasteiger partial charge is 0.224 e. The molecule has 0 aliphatic heterocycles. The minimum absolute atomic E-state index is 0.156. The monoisotopic (exact) mass is 330 g/mol. The molecule has 0 saturated carbocycles. The summed E-state index contributed by atoms with van der Waals surface area (Å²) in [5, 5.41) is 2.83. The number of thiazole rings is 1. The van der Waals surface area contributed by atoms with Gasteiger partial charge in [0.25, 0.3) is 0 Å². The number of hydrogen-bond donors (Lipinski definition) is 1. The van der Waals surface area contributed by atoms with Crippen molar-refractivity contribution in [2.75, 3.05) is 12.4 Å². The molecule has 2 aromatic carbocycles. The van der Waals surface area contributed by atoms with Crippen molar-refractivity contribution in [3.8, 4) is 5.75 Å². The highest BCUT2D eigenvalue weighted by atomic mass is 32.1. The molecule has 0 aliphatic rings. The van der Waals surface area contributed by atoms with Crippen LogP contribution in [0, 0.1) is 5.82 Å². The first-order valence-corrected chi connectivity index (χ1v) is 8.00. The number of aryl methyl sites for hydroxylation is 1. The topological polar surface area (TPSA) is 51.2 Å². The van der Waals surface area contributed by atoms with E-state index in [0.717, 1.165) is 15.9 Å². The Kier molecular flexibility index (Phi) is 4.52. The van der Waals surface area contributed by atoms with E-state index in [0.29, 0.717) is 12.0 Å². The molecule has 0 spiro atoms. The lowest BCUT2D eigenvalue weighted by atomic mass is 10.1. The first-order valence-electron chi connectivity index (χ1n) is 7.12. The molecule has 23 heavy (non-hydrogen) atoms. The average molecular weight is 330 g/mol. The molecule has 0 radical (unpaired) electrons. The van der Waals surface area contributed by atoms with Gasteiger partial charge in [0.2, 0.25) is 5.91 Å². The summed E-state index contributed by atoms with van der Waals surface area (Å²) in [6.07, 6.45) is 0.516. The van der Waals surface area contributed by atoms with Gasteiger partial charge in [-0.05, 0) is 36.2 Å². The van der Waals surface area contributed by atoms with Crippen molar-refractivity contribution < 1.29 is 13.9 Å². The van der Waals surface area contributed by atoms with Gasteiger partial charge in [-0.1, -0.05) is 12.1 Å². The summed E-state index contributed by atoms with van der Waals surface area (Å²) in [6, 6.07) is 10.5. The fourth-order valence-electron chi connectivity index (χ4n) is 2.31. The van der Waals surface area contributed by atoms with Gasteiger partial charge in [-0.15, -0.1) is 11.3 Å². The lowest BCUT2D eigenvalue weighted by Gasteiger charge is -2.08. The van der Waals surface area contributed by atoms with Gasteiger partial charge < -0.3 is 10.1 Å². The van der Waals surface area contributed by atoms with E-state index in [1.54, 1.807) is 23.7 Å². The number of methoxy groups -OCH3 is 1. The third kappa shape index (κ3) is 3.48. The van der Waals surface area contributed by atoms with Gasteiger partial charge in [-0.3, -0.25) is 4.79 Å². The molecule has 0 unspecified atom stereocenters. The molecule has 0 aliphatic carbocycles. The molecule has 1 heterocycles. The lowest BCUT2D eigenvalue weighted by Crippen LogP contribution is -2.12. The minimum atomic E-state index is -0.408. The summed E-state index contributed by atoms with van der Waals surface area (Å²) in [5.41, 5.74) is 3.86. The number of halogens is 1. The van der Waals surface area contributed by atoms with Crippen LogP contribution < -0.4 is 10.1 Å². The zero-order chi connectivity index (χ0) is 16.2. The van der Waals surface area contributed by atoms with E-state index >= 15 is 0 Å². The summed E-state index contributed by atoms with van der Waals surface area (Å²) in [6.45, 7) is 0. The summed E-state index contributed by atoms with van der Waals surface area (Å²) < 4.78 is 20.0. The fourth-order valence-corrected chi connectivity index (χ4v) is 3.03. The van der Waals surface area contributed by atoms with Crippen molar-refractivity contribution in [1.29, 1.82) is 0 Å². The molecule has 3 aromatic rings. The first kappa shape index (κ1) is 15.4. The van der Waals surface area contributed by atoms with E-state index in [2.05, 4.69) is 10.3 Å². The number of carbonyl (C=O) groups is 1. The van der Waals surface area contributed by atoms with Crippen molar-refractivity contribution >= 4 is 33.1 Å². The number of benzene rings is 2. The van der Waals surface area contributed by atoms with Crippen LogP contribution in [0.4, 0.5) is 10.1 Å². The molecule has 3 rings (SSSR count). The predicted octanol–water partition coefficient (Wildman–Crippen LogP) is 4.02. The maximum Gasteiger partial charge on any atom is 0.224 e. The van der Waals surface area contributed by atoms with Gasteiger partial charge in [0.1, 0.15) is 0 Å². The molecule has 4 nitrogen and oxygen atoms in total. The molecular formula is C17H15FN2O2S. The Morgan fingerprint density at radius 2 is 2.22 bits per heavy atom. The average Bonchev–Trinajstić information content (AvgIpc) is 3.01. The first-order chi connectivity index (χ1) is 11.2. The Hall–Kier alpha value is -2.47. The summed E-state index contributed by atoms with van der Waals surface area (Å²) in [4.78, 5) is 16.2. The molecule has 1 aromatic heterocycles. The van der Waals surface area contributed by atoms with Crippen molar-refractivity contribution in [3.63, 3.8) is 0 Å². The molecule has 6 heteroatoms. The highest BCUT2D eigenvalue weighted by Gasteiger charge is 2.10. The van der Waals surface area contributed by atoms with Crippen LogP contribution >= 0.6 is 11.3 Å². The SMILES string of the molecule is COc1cccc(CCC(=O)Nc2ccc3ncsc3c2)c1F. The number of fused-ring (bicyclic) bond motifs is 1. The van der Waals surface area contributed by atoms with Crippen LogP contribution in [-0.2, 0) is 11.2 Å². The Morgan fingerprint density at radius 3 is 3.04 bits per heavy atom. The molecule has 118 valence electrons. The van der Waals surface area contributed by atoms with Gasteiger partial charge in [0.15, 0.2) is 11.6 Å². The third-order valence-corrected chi connectivity index (χ3v) is 4.29. The van der Waals surface area contributed by atoms with Crippen LogP contribution in [0.15, 0.2) is 41.9 Å². The van der Waals surface area contributed by atoms with Gasteiger partial charge in [0.05, 0.1) is 22.8 Å². The number of aromatic nitrogens is 1. The lowest BCUT2D eigenvalue weighted by molar-refractivity contribution is -0.116. The molecule has 0 bridgehead atoms. The molecule has 0 saturated heterocycles. The number of ether oxygens (including phenoxy) is 1. The van der Waals surface area contributed by atoms with Gasteiger partial charge in [0, 0.05) is 12.1 Å². The largest absolute Gasteiger partial charge is 0.494 e. The van der Waals surface area contributed by atoms with Crippen molar-refractivity contribution in [2.45, 2.75) is 12.8 Å². The van der Waals surface area contributed by atoms with Crippen LogP contribution in [0.2, 0.25) is 0 Å². The molecular weight excluding hydrogens is 315 g/mol. The zero-order valence-electron chi connectivity index (χ0n) is 12.5. The maximum absolute atomic E-state index is 14.0. The number of carbonyl (C=O) groups excluding carboxylic acids is 1. The van der Waals surface area contributed by atoms with Crippen molar-refractivity contribution in [2.24, 2.45) is 0 Å². The van der Waals surface area contributed by atoms with Crippen LogP contribution in [-0.4, -0.2) is 18.0 Å². The fraction of sp³-hybridized carbons (Fsp3) is 0.176. The van der Waals surface area contributed by atoms with Gasteiger partial charge in [-0.2, -0.15) is 0 Å². The van der Waals surface area contributed by atoms with E-state index in [9.17, 15) is 9.18 Å². The zero-order valence-corrected chi connectivity index (χ0v) is 13.3. The highest BCUT2D eigenvalue weighted by molar-refractivity contribution is 7.16. The number of anilines is 1. The van der Waals surface area contributed by atoms with Gasteiger partial charge in [-0.25, -0.2) is 9.37 Å². The maximum atomic E-state index is 14.0. The second-order valence-corrected chi connectivity index (χ2v) is 5.90. The summed E-state index contributed by atoms with van der Waals surface area (Å²) in [7, 11) is 1.42. The summed E-state index contributed by atoms with van der Waals surface area (Å²) >= 11 is 1.52. The number of rotatable bonds is 5. The standard InChI is InChI=1S/C17H15FN2O2S/c1-22-14-4-2-3-11(17(14)18)5-8-16(21)20-12-6-7-13-15(9-12)23-10-19-13/h2-4,6-7,9-10H,5,8H2,1H3,(H,20,21). The summed E-state index contributed by atoms with van der Waals surface area (Å²) in [5.74, 6) is -0.372. The molecule has 0 atom stereocenters. The molecule has 1 amide bonds. The van der Waals surface area contributed by atoms with Crippen LogP contribution in [0.5, 0.6) is 5.75 Å². The Balaban J connectivity index is 1.63. The molecule has 1 N–H and O–H groups in total. The van der Waals surface area contributed by atoms with E-state index in [-0.39, 0.29) is 18.1 Å². The van der Waals surface area contributed by atoms with E-state index in [1.807, 2.05) is 18.2 Å². The predicted molar refractivity (Wildman–Crippen MR) is 89.5 cm³/mol. The highest BCUT2D eigenvalue weighted by Crippen LogP contribution is 2.23. The second kappa shape index (κ2) is 6.75. The number of hydrogen-bond acceptors (Lipinski definition) is 4. The van der Waals surface area contributed by atoms with E-state index in [4.69, 9.17) is 4.74 Å². The van der Waals surface area contributed by atoms with Crippen LogP contribution in [0.25, 0.3) is 10.2 Å². The Bertz CT molecular complexity index is 847. The molecule has 0 fully saturated rings. The van der Waals surface area contributed by atoms with E-state index in [1.165, 1.54) is 18.4 Å². The Morgan fingerprint density at radius 1 is 1.35 bits per heavy atom.